The first-order valence-corrected chi connectivity index (χ1v) is 7.16. The third kappa shape index (κ3) is 2.04. The van der Waals surface area contributed by atoms with Crippen molar-refractivity contribution in [2.24, 2.45) is 11.8 Å². The van der Waals surface area contributed by atoms with Crippen molar-refractivity contribution >= 4 is 33.4 Å². The highest BCUT2D eigenvalue weighted by atomic mass is 79.9. The number of amides is 2. The summed E-state index contributed by atoms with van der Waals surface area (Å²) < 4.78 is 0.935. The van der Waals surface area contributed by atoms with Gasteiger partial charge in [0, 0.05) is 4.47 Å². The van der Waals surface area contributed by atoms with Gasteiger partial charge in [0.2, 0.25) is 11.8 Å². The average Bonchev–Trinajstić information content (AvgIpc) is 2.63. The van der Waals surface area contributed by atoms with E-state index in [0.717, 1.165) is 4.47 Å². The Kier molecular flexibility index (Phi) is 3.05. The first kappa shape index (κ1) is 12.6. The Morgan fingerprint density at radius 2 is 1.74 bits per heavy atom. The Balaban J connectivity index is 1.95. The van der Waals surface area contributed by atoms with Crippen LogP contribution in [-0.2, 0) is 9.59 Å². The minimum Gasteiger partial charge on any atom is -0.274 e. The van der Waals surface area contributed by atoms with Crippen molar-refractivity contribution in [2.45, 2.75) is 19.8 Å². The number of halogens is 1. The van der Waals surface area contributed by atoms with Crippen LogP contribution in [0.5, 0.6) is 0 Å². The van der Waals surface area contributed by atoms with Gasteiger partial charge in [0.05, 0.1) is 17.5 Å². The second kappa shape index (κ2) is 4.60. The van der Waals surface area contributed by atoms with Crippen LogP contribution in [0.2, 0.25) is 0 Å². The molecule has 0 spiro atoms. The summed E-state index contributed by atoms with van der Waals surface area (Å²) in [6, 6.07) is 7.30. The number of carbonyl (C=O) groups excluding carboxylic acids is 2. The van der Waals surface area contributed by atoms with Crippen molar-refractivity contribution < 1.29 is 9.59 Å². The molecule has 3 nitrogen and oxygen atoms in total. The van der Waals surface area contributed by atoms with Crippen LogP contribution in [0.25, 0.3) is 0 Å². The van der Waals surface area contributed by atoms with Gasteiger partial charge in [0.25, 0.3) is 0 Å². The van der Waals surface area contributed by atoms with Crippen LogP contribution in [0.1, 0.15) is 19.8 Å². The molecule has 0 aromatic heterocycles. The zero-order chi connectivity index (χ0) is 13.6. The number of carbonyl (C=O) groups is 2. The minimum atomic E-state index is -0.167. The Morgan fingerprint density at radius 3 is 2.42 bits per heavy atom. The maximum Gasteiger partial charge on any atom is 0.238 e. The maximum absolute atomic E-state index is 12.4. The highest BCUT2D eigenvalue weighted by Gasteiger charge is 2.48. The molecule has 1 saturated heterocycles. The fourth-order valence-electron chi connectivity index (χ4n) is 2.88. The second-order valence-corrected chi connectivity index (χ2v) is 6.11. The number of benzene rings is 1. The Hall–Kier alpha value is -1.42. The first-order chi connectivity index (χ1) is 9.08. The summed E-state index contributed by atoms with van der Waals surface area (Å²) in [4.78, 5) is 26.2. The SMILES string of the molecule is CC1=CC[C@@H]2C(=O)N(c3ccc(Br)cc3)C(=O)[C@H]2C1. The van der Waals surface area contributed by atoms with Gasteiger partial charge in [-0.25, -0.2) is 0 Å². The molecule has 1 aromatic rings. The van der Waals surface area contributed by atoms with E-state index in [0.29, 0.717) is 18.5 Å². The second-order valence-electron chi connectivity index (χ2n) is 5.19. The summed E-state index contributed by atoms with van der Waals surface area (Å²) in [6.45, 7) is 2.02. The van der Waals surface area contributed by atoms with Crippen molar-refractivity contribution in [2.75, 3.05) is 4.90 Å². The lowest BCUT2D eigenvalue weighted by atomic mass is 9.82. The molecular weight excluding hydrogens is 306 g/mol. The monoisotopic (exact) mass is 319 g/mol. The molecule has 1 heterocycles. The molecule has 3 rings (SSSR count). The number of rotatable bonds is 1. The van der Waals surface area contributed by atoms with E-state index in [1.54, 1.807) is 12.1 Å². The van der Waals surface area contributed by atoms with E-state index in [4.69, 9.17) is 0 Å². The summed E-state index contributed by atoms with van der Waals surface area (Å²) in [5.74, 6) is -0.438. The molecule has 2 amide bonds. The number of imide groups is 1. The topological polar surface area (TPSA) is 37.4 Å². The van der Waals surface area contributed by atoms with Gasteiger partial charge in [-0.15, -0.1) is 0 Å². The molecular formula is C15H14BrNO2. The third-order valence-corrected chi connectivity index (χ3v) is 4.44. The largest absolute Gasteiger partial charge is 0.274 e. The molecule has 0 N–H and O–H groups in total. The molecule has 1 aliphatic heterocycles. The van der Waals surface area contributed by atoms with Crippen LogP contribution in [-0.4, -0.2) is 11.8 Å². The number of allylic oxidation sites excluding steroid dienone is 2. The fraction of sp³-hybridized carbons (Fsp3) is 0.333. The Morgan fingerprint density at radius 1 is 1.11 bits per heavy atom. The zero-order valence-electron chi connectivity index (χ0n) is 10.6. The normalized spacial score (nSPS) is 26.4. The number of nitrogens with zero attached hydrogens (tertiary/aromatic N) is 1. The highest BCUT2D eigenvalue weighted by Crippen LogP contribution is 2.39. The van der Waals surface area contributed by atoms with Crippen LogP contribution < -0.4 is 4.90 Å². The van der Waals surface area contributed by atoms with Crippen LogP contribution in [0, 0.1) is 11.8 Å². The van der Waals surface area contributed by atoms with Gasteiger partial charge in [-0.2, -0.15) is 0 Å². The third-order valence-electron chi connectivity index (χ3n) is 3.91. The van der Waals surface area contributed by atoms with Gasteiger partial charge >= 0.3 is 0 Å². The summed E-state index contributed by atoms with van der Waals surface area (Å²) in [6.07, 6.45) is 3.48. The summed E-state index contributed by atoms with van der Waals surface area (Å²) in [5, 5.41) is 0. The number of fused-ring (bicyclic) bond motifs is 1. The quantitative estimate of drug-likeness (QED) is 0.588. The van der Waals surface area contributed by atoms with Crippen molar-refractivity contribution in [3.8, 4) is 0 Å². The van der Waals surface area contributed by atoms with E-state index in [2.05, 4.69) is 22.0 Å². The fourth-order valence-corrected chi connectivity index (χ4v) is 3.15. The molecule has 2 aliphatic rings. The van der Waals surface area contributed by atoms with Crippen LogP contribution in [0.4, 0.5) is 5.69 Å². The molecule has 1 aromatic carbocycles. The van der Waals surface area contributed by atoms with E-state index in [1.165, 1.54) is 10.5 Å². The lowest BCUT2D eigenvalue weighted by Gasteiger charge is -2.18. The maximum atomic E-state index is 12.4. The average molecular weight is 320 g/mol. The van der Waals surface area contributed by atoms with Crippen molar-refractivity contribution in [3.63, 3.8) is 0 Å². The van der Waals surface area contributed by atoms with Crippen LogP contribution >= 0.6 is 15.9 Å². The van der Waals surface area contributed by atoms with E-state index >= 15 is 0 Å². The van der Waals surface area contributed by atoms with Gasteiger partial charge in [0.15, 0.2) is 0 Å². The Bertz CT molecular complexity index is 576. The predicted molar refractivity (Wildman–Crippen MR) is 76.6 cm³/mol. The molecule has 98 valence electrons. The van der Waals surface area contributed by atoms with Crippen molar-refractivity contribution in [3.05, 3.63) is 40.4 Å². The van der Waals surface area contributed by atoms with E-state index in [9.17, 15) is 9.59 Å². The summed E-state index contributed by atoms with van der Waals surface area (Å²) in [5.41, 5.74) is 1.88. The molecule has 1 fully saturated rings. The lowest BCUT2D eigenvalue weighted by Crippen LogP contribution is -2.30. The lowest BCUT2D eigenvalue weighted by molar-refractivity contribution is -0.122. The predicted octanol–water partition coefficient (Wildman–Crippen LogP) is 3.29. The van der Waals surface area contributed by atoms with Crippen molar-refractivity contribution in [1.82, 2.24) is 0 Å². The van der Waals surface area contributed by atoms with Gasteiger partial charge in [-0.1, -0.05) is 27.6 Å². The molecule has 0 unspecified atom stereocenters. The van der Waals surface area contributed by atoms with Crippen LogP contribution in [0.15, 0.2) is 40.4 Å². The molecule has 0 saturated carbocycles. The smallest absolute Gasteiger partial charge is 0.238 e. The summed E-state index contributed by atoms with van der Waals surface area (Å²) in [7, 11) is 0. The minimum absolute atomic E-state index is 0.0511. The molecule has 4 heteroatoms. The van der Waals surface area contributed by atoms with E-state index in [-0.39, 0.29) is 23.7 Å². The molecule has 1 aliphatic carbocycles. The highest BCUT2D eigenvalue weighted by molar-refractivity contribution is 9.10. The van der Waals surface area contributed by atoms with Gasteiger partial charge in [-0.3, -0.25) is 14.5 Å². The van der Waals surface area contributed by atoms with E-state index < -0.39 is 0 Å². The number of hydrogen-bond acceptors (Lipinski definition) is 2. The van der Waals surface area contributed by atoms with Crippen molar-refractivity contribution in [1.29, 1.82) is 0 Å². The molecule has 0 radical (unpaired) electrons. The molecule has 2 atom stereocenters. The summed E-state index contributed by atoms with van der Waals surface area (Å²) >= 11 is 3.36. The van der Waals surface area contributed by atoms with Gasteiger partial charge in [0.1, 0.15) is 0 Å². The van der Waals surface area contributed by atoms with E-state index in [1.807, 2.05) is 19.1 Å². The number of hydrogen-bond donors (Lipinski definition) is 0. The van der Waals surface area contributed by atoms with Gasteiger partial charge < -0.3 is 0 Å². The van der Waals surface area contributed by atoms with Gasteiger partial charge in [-0.05, 0) is 44.0 Å². The molecule has 0 bridgehead atoms. The van der Waals surface area contributed by atoms with Crippen LogP contribution in [0.3, 0.4) is 0 Å². The standard InChI is InChI=1S/C15H14BrNO2/c1-9-2-7-12-13(8-9)15(19)17(14(12)18)11-5-3-10(16)4-6-11/h2-6,12-13H,7-8H2,1H3/t12-,13-/m0/s1. The number of anilines is 1. The Labute approximate surface area is 120 Å². The zero-order valence-corrected chi connectivity index (χ0v) is 12.2. The first-order valence-electron chi connectivity index (χ1n) is 6.37. The molecule has 19 heavy (non-hydrogen) atoms.